The summed E-state index contributed by atoms with van der Waals surface area (Å²) in [6.07, 6.45) is -2.32. The van der Waals surface area contributed by atoms with Crippen LogP contribution in [0.1, 0.15) is 54.8 Å². The maximum atomic E-state index is 14.4. The van der Waals surface area contributed by atoms with Crippen LogP contribution in [0.3, 0.4) is 0 Å². The minimum Gasteiger partial charge on any atom is -0.322 e. The number of piperazine rings is 1. The normalized spacial score (nSPS) is 22.8. The van der Waals surface area contributed by atoms with E-state index in [0.29, 0.717) is 28.4 Å². The average Bonchev–Trinajstić information content (AvgIpc) is 3.39. The molecule has 0 bridgehead atoms. The molecule has 0 aliphatic carbocycles. The van der Waals surface area contributed by atoms with Gasteiger partial charge in [0.1, 0.15) is 5.69 Å². The lowest BCUT2D eigenvalue weighted by molar-refractivity contribution is -0.138. The van der Waals surface area contributed by atoms with Gasteiger partial charge in [0.2, 0.25) is 0 Å². The van der Waals surface area contributed by atoms with E-state index in [4.69, 9.17) is 16.4 Å². The van der Waals surface area contributed by atoms with Crippen LogP contribution in [0.15, 0.2) is 60.9 Å². The van der Waals surface area contributed by atoms with Gasteiger partial charge in [0.25, 0.3) is 5.91 Å². The van der Waals surface area contributed by atoms with E-state index in [9.17, 15) is 18.0 Å². The van der Waals surface area contributed by atoms with Crippen LogP contribution in [0.25, 0.3) is 5.65 Å². The zero-order valence-electron chi connectivity index (χ0n) is 32.0. The molecule has 7 nitrogen and oxygen atoms in total. The predicted molar refractivity (Wildman–Crippen MR) is 142 cm³/mol. The molecule has 0 unspecified atom stereocenters. The molecule has 5 rings (SSSR count). The van der Waals surface area contributed by atoms with Crippen LogP contribution in [-0.2, 0) is 12.7 Å². The number of carbonyl (C=O) groups excluding carboxylic acids is 1. The van der Waals surface area contributed by atoms with Gasteiger partial charge in [0, 0.05) is 72.0 Å². The average molecular weight is 545 g/mol. The Bertz CT molecular complexity index is 2030. The monoisotopic (exact) mass is 544 g/mol. The molecule has 1 aliphatic heterocycles. The zero-order valence-corrected chi connectivity index (χ0v) is 20.0. The van der Waals surface area contributed by atoms with Gasteiger partial charge in [-0.15, -0.1) is 0 Å². The standard InChI is InChI=1S/C29H27F3N6O/c1-20-5-6-22(16-21(20)8-10-25-18-33-27-4-3-11-34-38(25)27)28(39)35-24-9-7-23(26(17-24)29(30,31)32)19-37-14-12-36(2)13-15-37/h3-7,9,11,16-18H,12-15,19H2,1-2H3,(H,35,39)/i1D3,2D3,12D2,13D2,19D2. The highest BCUT2D eigenvalue weighted by Gasteiger charge is 2.34. The lowest BCUT2D eigenvalue weighted by Crippen LogP contribution is -2.44. The number of carbonyl (C=O) groups is 1. The van der Waals surface area contributed by atoms with Gasteiger partial charge >= 0.3 is 6.18 Å². The number of likely N-dealkylation sites (N-methyl/N-ethyl adjacent to an activating group) is 1. The van der Waals surface area contributed by atoms with E-state index in [1.165, 1.54) is 16.9 Å². The van der Waals surface area contributed by atoms with Crippen molar-refractivity contribution in [3.63, 3.8) is 0 Å². The van der Waals surface area contributed by atoms with Crippen LogP contribution < -0.4 is 5.32 Å². The Labute approximate surface area is 241 Å². The summed E-state index contributed by atoms with van der Waals surface area (Å²) in [5.74, 6) is 4.51. The number of alkyl halides is 3. The number of aryl methyl sites for hydroxylation is 1. The summed E-state index contributed by atoms with van der Waals surface area (Å²) in [5, 5.41) is 6.41. The number of amides is 1. The number of anilines is 1. The first-order chi connectivity index (χ1) is 23.3. The van der Waals surface area contributed by atoms with Crippen LogP contribution in [0.5, 0.6) is 0 Å². The molecule has 1 fully saturated rings. The lowest BCUT2D eigenvalue weighted by atomic mass is 10.0. The molecular formula is C29H27F3N6O. The Hall–Kier alpha value is -4.20. The molecule has 3 heterocycles. The van der Waals surface area contributed by atoms with Crippen LogP contribution in [0.4, 0.5) is 18.9 Å². The van der Waals surface area contributed by atoms with E-state index in [-0.39, 0.29) is 21.6 Å². The number of aromatic nitrogens is 3. The quantitative estimate of drug-likeness (QED) is 0.385. The maximum absolute atomic E-state index is 14.4. The summed E-state index contributed by atoms with van der Waals surface area (Å²) in [4.78, 5) is 17.8. The first kappa shape index (κ1) is 15.4. The van der Waals surface area contributed by atoms with Gasteiger partial charge < -0.3 is 10.2 Å². The van der Waals surface area contributed by atoms with E-state index in [1.54, 1.807) is 12.1 Å². The fourth-order valence-electron chi connectivity index (χ4n) is 3.67. The van der Waals surface area contributed by atoms with E-state index < -0.39 is 75.3 Å². The van der Waals surface area contributed by atoms with Gasteiger partial charge in [0.15, 0.2) is 5.65 Å². The fourth-order valence-corrected chi connectivity index (χ4v) is 3.67. The first-order valence-electron chi connectivity index (χ1n) is 17.4. The molecule has 200 valence electrons. The topological polar surface area (TPSA) is 65.8 Å². The molecule has 4 aromatic rings. The molecule has 0 spiro atoms. The van der Waals surface area contributed by atoms with Crippen molar-refractivity contribution in [3.8, 4) is 11.8 Å². The van der Waals surface area contributed by atoms with Crippen molar-refractivity contribution >= 4 is 17.2 Å². The Kier molecular flexibility index (Phi) is 4.30. The van der Waals surface area contributed by atoms with Gasteiger partial charge in [0.05, 0.1) is 11.8 Å². The van der Waals surface area contributed by atoms with Crippen LogP contribution in [-0.4, -0.2) is 63.4 Å². The third-order valence-corrected chi connectivity index (χ3v) is 5.59. The molecule has 2 aromatic heterocycles. The van der Waals surface area contributed by atoms with E-state index in [2.05, 4.69) is 27.2 Å². The largest absolute Gasteiger partial charge is 0.416 e. The molecule has 0 radical (unpaired) electrons. The molecular weight excluding hydrogens is 505 g/mol. The number of nitrogens with one attached hydrogen (secondary N) is 1. The second-order valence-corrected chi connectivity index (χ2v) is 8.28. The number of rotatable bonds is 4. The van der Waals surface area contributed by atoms with Gasteiger partial charge in [-0.25, -0.2) is 9.50 Å². The minimum absolute atomic E-state index is 0.0540. The Morgan fingerprint density at radius 2 is 2.03 bits per heavy atom. The van der Waals surface area contributed by atoms with Crippen LogP contribution in [0, 0.1) is 18.7 Å². The van der Waals surface area contributed by atoms with E-state index >= 15 is 0 Å². The highest BCUT2D eigenvalue weighted by Crippen LogP contribution is 2.34. The number of imidazole rings is 1. The molecule has 39 heavy (non-hydrogen) atoms. The molecule has 1 saturated heterocycles. The molecule has 2 aromatic carbocycles. The van der Waals surface area contributed by atoms with Crippen molar-refractivity contribution in [3.05, 3.63) is 94.4 Å². The summed E-state index contributed by atoms with van der Waals surface area (Å²) in [5.41, 5.74) is -2.72. The Morgan fingerprint density at radius 1 is 1.18 bits per heavy atom. The summed E-state index contributed by atoms with van der Waals surface area (Å²) in [7, 11) is 0. The highest BCUT2D eigenvalue weighted by atomic mass is 19.4. The molecule has 0 saturated carbocycles. The lowest BCUT2D eigenvalue weighted by Gasteiger charge is -2.33. The second kappa shape index (κ2) is 10.9. The molecule has 0 atom stereocenters. The van der Waals surface area contributed by atoms with Crippen molar-refractivity contribution < 1.29 is 34.4 Å². The number of fused-ring (bicyclic) bond motifs is 1. The summed E-state index contributed by atoms with van der Waals surface area (Å²) < 4.78 is 141. The van der Waals surface area contributed by atoms with Crippen molar-refractivity contribution in [2.75, 3.05) is 38.4 Å². The van der Waals surface area contributed by atoms with Gasteiger partial charge in [-0.1, -0.05) is 18.1 Å². The van der Waals surface area contributed by atoms with Gasteiger partial charge in [-0.3, -0.25) is 9.69 Å². The number of hydrogen-bond acceptors (Lipinski definition) is 5. The Balaban J connectivity index is 1.47. The Morgan fingerprint density at radius 3 is 2.79 bits per heavy atom. The third-order valence-electron chi connectivity index (χ3n) is 5.59. The fraction of sp³-hybridized carbons (Fsp3) is 0.276. The zero-order chi connectivity index (χ0) is 37.9. The SMILES string of the molecule is [2H]C([2H])([2H])c1ccc(C(=O)Nc2ccc(C([2H])([2H])N3CC([2H])([2H])N(C([2H])([2H])[2H])C([2H])([2H])C3)c(C(F)(F)F)c2)cc1C#Cc1cnc2cccnn12. The van der Waals surface area contributed by atoms with Crippen molar-refractivity contribution in [1.82, 2.24) is 24.4 Å². The summed E-state index contributed by atoms with van der Waals surface area (Å²) >= 11 is 0. The summed E-state index contributed by atoms with van der Waals surface area (Å²) in [6.45, 7) is -17.3. The van der Waals surface area contributed by atoms with Crippen LogP contribution >= 0.6 is 0 Å². The van der Waals surface area contributed by atoms with Gasteiger partial charge in [-0.05, 0) is 67.3 Å². The van der Waals surface area contributed by atoms with Crippen molar-refractivity contribution in [2.24, 2.45) is 0 Å². The van der Waals surface area contributed by atoms with Crippen molar-refractivity contribution in [2.45, 2.75) is 19.5 Å². The molecule has 10 heteroatoms. The van der Waals surface area contributed by atoms with Gasteiger partial charge in [-0.2, -0.15) is 18.3 Å². The number of nitrogens with zero attached hydrogens (tertiary/aromatic N) is 5. The highest BCUT2D eigenvalue weighted by molar-refractivity contribution is 6.04. The summed E-state index contributed by atoms with van der Waals surface area (Å²) in [6, 6.07) is 8.88. The number of benzene rings is 2. The minimum atomic E-state index is -5.22. The smallest absolute Gasteiger partial charge is 0.322 e. The number of halogens is 3. The first-order valence-corrected chi connectivity index (χ1v) is 11.4. The molecule has 1 aliphatic rings. The maximum Gasteiger partial charge on any atom is 0.416 e. The third kappa shape index (κ3) is 6.11. The number of hydrogen-bond donors (Lipinski definition) is 1. The van der Waals surface area contributed by atoms with Crippen molar-refractivity contribution in [1.29, 1.82) is 0 Å². The molecule has 1 N–H and O–H groups in total. The predicted octanol–water partition coefficient (Wildman–Crippen LogP) is 4.46. The van der Waals surface area contributed by atoms with E-state index in [1.807, 2.05) is 0 Å². The molecule has 1 amide bonds. The van der Waals surface area contributed by atoms with Crippen LogP contribution in [0.2, 0.25) is 0 Å². The second-order valence-electron chi connectivity index (χ2n) is 8.28. The van der Waals surface area contributed by atoms with E-state index in [0.717, 1.165) is 24.3 Å².